The highest BCUT2D eigenvalue weighted by Gasteiger charge is 2.26. The van der Waals surface area contributed by atoms with Crippen LogP contribution in [0.3, 0.4) is 0 Å². The van der Waals surface area contributed by atoms with Crippen molar-refractivity contribution >= 4 is 18.0 Å². The molecular formula is C25H42N4O6. The van der Waals surface area contributed by atoms with Crippen LogP contribution >= 0.6 is 0 Å². The van der Waals surface area contributed by atoms with E-state index in [1.54, 1.807) is 39.5 Å². The molecule has 2 atom stereocenters. The van der Waals surface area contributed by atoms with Gasteiger partial charge >= 0.3 is 12.1 Å². The molecule has 35 heavy (non-hydrogen) atoms. The second-order valence-corrected chi connectivity index (χ2v) is 9.95. The Morgan fingerprint density at radius 3 is 2.31 bits per heavy atom. The van der Waals surface area contributed by atoms with Gasteiger partial charge in [-0.1, -0.05) is 0 Å². The van der Waals surface area contributed by atoms with E-state index in [-0.39, 0.29) is 24.6 Å². The number of hydrogen-bond acceptors (Lipinski definition) is 8. The summed E-state index contributed by atoms with van der Waals surface area (Å²) in [5, 5.41) is 9.49. The Morgan fingerprint density at radius 2 is 1.77 bits per heavy atom. The lowest BCUT2D eigenvalue weighted by molar-refractivity contribution is -0.132. The maximum absolute atomic E-state index is 13.0. The molecule has 2 unspecified atom stereocenters. The summed E-state index contributed by atoms with van der Waals surface area (Å²) in [4.78, 5) is 47.7. The normalized spacial score (nSPS) is 13.2. The Labute approximate surface area is 209 Å². The first-order valence-corrected chi connectivity index (χ1v) is 12.0. The Kier molecular flexibility index (Phi) is 12.1. The highest BCUT2D eigenvalue weighted by atomic mass is 16.6. The molecule has 0 saturated carbocycles. The second-order valence-electron chi connectivity index (χ2n) is 9.95. The van der Waals surface area contributed by atoms with E-state index >= 15 is 0 Å². The molecule has 1 aromatic heterocycles. The summed E-state index contributed by atoms with van der Waals surface area (Å²) < 4.78 is 10.9. The highest BCUT2D eigenvalue weighted by molar-refractivity contribution is 5.89. The Balaban J connectivity index is 3.05. The van der Waals surface area contributed by atoms with Crippen LogP contribution in [0.2, 0.25) is 0 Å². The van der Waals surface area contributed by atoms with Crippen molar-refractivity contribution in [3.8, 4) is 0 Å². The molecule has 0 aliphatic heterocycles. The van der Waals surface area contributed by atoms with E-state index in [0.29, 0.717) is 31.7 Å². The zero-order valence-electron chi connectivity index (χ0n) is 22.4. The highest BCUT2D eigenvalue weighted by Crippen LogP contribution is 2.14. The minimum Gasteiger partial charge on any atom is -0.459 e. The van der Waals surface area contributed by atoms with Gasteiger partial charge in [0.2, 0.25) is 5.91 Å². The van der Waals surface area contributed by atoms with E-state index in [1.807, 2.05) is 25.9 Å². The summed E-state index contributed by atoms with van der Waals surface area (Å²) in [5.74, 6) is -0.759. The quantitative estimate of drug-likeness (QED) is 0.441. The fourth-order valence-corrected chi connectivity index (χ4v) is 3.22. The molecule has 0 spiro atoms. The van der Waals surface area contributed by atoms with Gasteiger partial charge in [-0.05, 0) is 67.8 Å². The van der Waals surface area contributed by atoms with Crippen molar-refractivity contribution in [3.63, 3.8) is 0 Å². The maximum Gasteiger partial charge on any atom is 0.411 e. The first-order valence-electron chi connectivity index (χ1n) is 12.0. The molecule has 0 aliphatic carbocycles. The number of nitrogens with zero attached hydrogens (tertiary/aromatic N) is 4. The Hall–Kier alpha value is -2.72. The van der Waals surface area contributed by atoms with E-state index in [9.17, 15) is 19.5 Å². The number of carbonyl (C=O) groups excluding carboxylic acids is 3. The van der Waals surface area contributed by atoms with E-state index < -0.39 is 29.9 Å². The number of aliphatic hydroxyl groups excluding tert-OH is 1. The largest absolute Gasteiger partial charge is 0.459 e. The number of aliphatic hydroxyl groups is 1. The zero-order valence-corrected chi connectivity index (χ0v) is 22.4. The molecule has 1 heterocycles. The van der Waals surface area contributed by atoms with Crippen LogP contribution in [0, 0.1) is 0 Å². The van der Waals surface area contributed by atoms with Crippen LogP contribution in [0.5, 0.6) is 0 Å². The molecule has 0 fully saturated rings. The van der Waals surface area contributed by atoms with Gasteiger partial charge in [0.1, 0.15) is 18.2 Å². The lowest BCUT2D eigenvalue weighted by atomic mass is 10.2. The molecule has 198 valence electrons. The van der Waals surface area contributed by atoms with Crippen LogP contribution in [0.1, 0.15) is 64.0 Å². The minimum atomic E-state index is -0.743. The number of hydrogen-bond donors (Lipinski definition) is 1. The van der Waals surface area contributed by atoms with Crippen molar-refractivity contribution < 1.29 is 29.0 Å². The number of rotatable bonds is 12. The van der Waals surface area contributed by atoms with Crippen LogP contribution in [0.25, 0.3) is 0 Å². The van der Waals surface area contributed by atoms with Crippen LogP contribution in [-0.2, 0) is 20.8 Å². The van der Waals surface area contributed by atoms with E-state index in [2.05, 4.69) is 4.98 Å². The number of carbonyl (C=O) groups is 3. The fraction of sp³-hybridized carbons (Fsp3) is 0.680. The van der Waals surface area contributed by atoms with Gasteiger partial charge < -0.3 is 24.4 Å². The molecule has 2 amide bonds. The van der Waals surface area contributed by atoms with Crippen molar-refractivity contribution in [2.24, 2.45) is 0 Å². The molecule has 0 bridgehead atoms. The van der Waals surface area contributed by atoms with Crippen molar-refractivity contribution in [2.75, 3.05) is 40.3 Å². The SMILES string of the molecule is CCN(CCN(C)C)C(=O)CN(Cc1cc(C(=O)OC(C)CC(C)O)ccn1)C(=O)OC(C)(C)C. The first kappa shape index (κ1) is 30.3. The predicted molar refractivity (Wildman–Crippen MR) is 133 cm³/mol. The summed E-state index contributed by atoms with van der Waals surface area (Å²) in [6, 6.07) is 3.05. The van der Waals surface area contributed by atoms with Gasteiger partial charge in [-0.25, -0.2) is 9.59 Å². The molecule has 0 radical (unpaired) electrons. The third-order valence-corrected chi connectivity index (χ3v) is 4.92. The summed E-state index contributed by atoms with van der Waals surface area (Å²) in [5.41, 5.74) is -0.0611. The topological polar surface area (TPSA) is 113 Å². The second kappa shape index (κ2) is 14.0. The smallest absolute Gasteiger partial charge is 0.411 e. The van der Waals surface area contributed by atoms with Crippen molar-refractivity contribution in [1.29, 1.82) is 0 Å². The van der Waals surface area contributed by atoms with Gasteiger partial charge in [-0.2, -0.15) is 0 Å². The lowest BCUT2D eigenvalue weighted by Crippen LogP contribution is -2.46. The number of aromatic nitrogens is 1. The van der Waals surface area contributed by atoms with Crippen LogP contribution in [0.4, 0.5) is 4.79 Å². The van der Waals surface area contributed by atoms with Gasteiger partial charge in [-0.15, -0.1) is 0 Å². The number of pyridine rings is 1. The summed E-state index contributed by atoms with van der Waals surface area (Å²) in [6.07, 6.45) is 0.0774. The fourth-order valence-electron chi connectivity index (χ4n) is 3.22. The van der Waals surface area contributed by atoms with Crippen molar-refractivity contribution in [2.45, 2.75) is 72.3 Å². The molecule has 0 saturated heterocycles. The van der Waals surface area contributed by atoms with E-state index in [4.69, 9.17) is 9.47 Å². The average molecular weight is 495 g/mol. The molecule has 0 aromatic carbocycles. The van der Waals surface area contributed by atoms with Crippen LogP contribution in [0.15, 0.2) is 18.3 Å². The molecule has 10 heteroatoms. The first-order chi connectivity index (χ1) is 16.2. The number of ether oxygens (including phenoxy) is 2. The molecule has 1 aromatic rings. The lowest BCUT2D eigenvalue weighted by Gasteiger charge is -2.29. The van der Waals surface area contributed by atoms with Crippen LogP contribution in [-0.4, -0.2) is 101 Å². The average Bonchev–Trinajstić information content (AvgIpc) is 2.71. The minimum absolute atomic E-state index is 0.0176. The molecular weight excluding hydrogens is 452 g/mol. The number of likely N-dealkylation sites (N-methyl/N-ethyl adjacent to an activating group) is 2. The Bertz CT molecular complexity index is 837. The maximum atomic E-state index is 13.0. The van der Waals surface area contributed by atoms with E-state index in [0.717, 1.165) is 0 Å². The van der Waals surface area contributed by atoms with Crippen LogP contribution < -0.4 is 0 Å². The number of amides is 2. The monoisotopic (exact) mass is 494 g/mol. The Morgan fingerprint density at radius 1 is 1.11 bits per heavy atom. The summed E-state index contributed by atoms with van der Waals surface area (Å²) in [6.45, 7) is 12.0. The van der Waals surface area contributed by atoms with Gasteiger partial charge in [-0.3, -0.25) is 14.7 Å². The van der Waals surface area contributed by atoms with Gasteiger partial charge in [0.25, 0.3) is 0 Å². The molecule has 10 nitrogen and oxygen atoms in total. The number of esters is 1. The standard InChI is InChI=1S/C25H42N4O6/c1-9-28(13-12-27(7)8)22(31)17-29(24(33)35-25(4,5)6)16-21-15-20(10-11-26-21)23(32)34-19(3)14-18(2)30/h10-11,15,18-19,30H,9,12-14,16-17H2,1-8H3. The summed E-state index contributed by atoms with van der Waals surface area (Å²) >= 11 is 0. The zero-order chi connectivity index (χ0) is 26.8. The molecule has 1 N–H and O–H groups in total. The van der Waals surface area contributed by atoms with Gasteiger partial charge in [0.15, 0.2) is 0 Å². The molecule has 0 aliphatic rings. The third-order valence-electron chi connectivity index (χ3n) is 4.92. The predicted octanol–water partition coefficient (Wildman–Crippen LogP) is 2.54. The summed E-state index contributed by atoms with van der Waals surface area (Å²) in [7, 11) is 3.86. The molecule has 1 rings (SSSR count). The van der Waals surface area contributed by atoms with Crippen molar-refractivity contribution in [1.82, 2.24) is 19.7 Å². The third kappa shape index (κ3) is 12.0. The van der Waals surface area contributed by atoms with E-state index in [1.165, 1.54) is 23.2 Å². The van der Waals surface area contributed by atoms with Crippen molar-refractivity contribution in [3.05, 3.63) is 29.6 Å². The van der Waals surface area contributed by atoms with Gasteiger partial charge in [0, 0.05) is 32.3 Å². The van der Waals surface area contributed by atoms with Gasteiger partial charge in [0.05, 0.1) is 23.9 Å².